The molecule has 0 aromatic rings. The van der Waals surface area contributed by atoms with Gasteiger partial charge >= 0.3 is 5.97 Å². The molecule has 0 aliphatic heterocycles. The third-order valence-electron chi connectivity index (χ3n) is 4.23. The van der Waals surface area contributed by atoms with Crippen LogP contribution in [0.25, 0.3) is 10.4 Å². The average Bonchev–Trinajstić information content (AvgIpc) is 2.67. The highest BCUT2D eigenvalue weighted by molar-refractivity contribution is 5.93. The lowest BCUT2D eigenvalue weighted by atomic mass is 9.91. The Morgan fingerprint density at radius 3 is 2.26 bits per heavy atom. The summed E-state index contributed by atoms with van der Waals surface area (Å²) in [7, 11) is 0. The van der Waals surface area contributed by atoms with E-state index in [1.807, 2.05) is 13.8 Å². The number of nitrogens with zero attached hydrogens (tertiary/aromatic N) is 3. The fraction of sp³-hybridized carbons (Fsp3) is 0.800. The van der Waals surface area contributed by atoms with Gasteiger partial charge in [-0.25, -0.2) is 0 Å². The van der Waals surface area contributed by atoms with Gasteiger partial charge < -0.3 is 24.7 Å². The molecule has 0 fully saturated rings. The van der Waals surface area contributed by atoms with Crippen molar-refractivity contribution in [2.75, 3.05) is 33.0 Å². The van der Waals surface area contributed by atoms with Gasteiger partial charge in [0.25, 0.3) is 0 Å². The third-order valence-corrected chi connectivity index (χ3v) is 4.23. The normalized spacial score (nSPS) is 12.6. The molecule has 1 amide bonds. The average molecular weight is 443 g/mol. The lowest BCUT2D eigenvalue weighted by Crippen LogP contribution is -2.45. The highest BCUT2D eigenvalue weighted by atomic mass is 16.5. The third kappa shape index (κ3) is 15.9. The van der Waals surface area contributed by atoms with E-state index in [1.165, 1.54) is 6.92 Å². The van der Waals surface area contributed by atoms with E-state index >= 15 is 0 Å². The molecule has 176 valence electrons. The van der Waals surface area contributed by atoms with E-state index in [0.29, 0.717) is 32.7 Å². The number of hydrogen-bond acceptors (Lipinski definition) is 7. The molecule has 0 aromatic carbocycles. The molecule has 0 aliphatic carbocycles. The largest absolute Gasteiger partial charge is 0.481 e. The molecule has 0 radical (unpaired) electrons. The van der Waals surface area contributed by atoms with Crippen LogP contribution in [0.4, 0.5) is 0 Å². The summed E-state index contributed by atoms with van der Waals surface area (Å²) < 4.78 is 10.5. The number of carbonyl (C=O) groups is 4. The SMILES string of the molecule is CC(=O)C[C@@H](CC(C)C)C(=O)N[C@@H](CC(=O)O)C(=O)CCCOCCOCCN=[N+]=[N-]. The number of rotatable bonds is 19. The predicted octanol–water partition coefficient (Wildman–Crippen LogP) is 2.28. The Labute approximate surface area is 182 Å². The minimum atomic E-state index is -1.19. The number of carboxylic acids is 1. The number of Topliss-reactive ketones (excluding diaryl/α,β-unsaturated/α-hetero) is 2. The molecule has 0 spiro atoms. The Balaban J connectivity index is 4.49. The van der Waals surface area contributed by atoms with Crippen LogP contribution in [0.5, 0.6) is 0 Å². The van der Waals surface area contributed by atoms with Crippen molar-refractivity contribution in [3.63, 3.8) is 0 Å². The number of azide groups is 1. The zero-order valence-electron chi connectivity index (χ0n) is 18.5. The number of aliphatic carboxylic acids is 1. The van der Waals surface area contributed by atoms with Gasteiger partial charge in [-0.15, -0.1) is 0 Å². The molecule has 0 saturated carbocycles. The van der Waals surface area contributed by atoms with Crippen LogP contribution in [-0.4, -0.2) is 67.6 Å². The number of carbonyl (C=O) groups excluding carboxylic acids is 3. The maximum absolute atomic E-state index is 12.6. The molecule has 0 heterocycles. The zero-order chi connectivity index (χ0) is 23.6. The van der Waals surface area contributed by atoms with Crippen LogP contribution in [0.2, 0.25) is 0 Å². The Hall–Kier alpha value is -2.49. The molecule has 11 heteroatoms. The summed E-state index contributed by atoms with van der Waals surface area (Å²) in [5.41, 5.74) is 8.12. The molecule has 11 nitrogen and oxygen atoms in total. The van der Waals surface area contributed by atoms with Gasteiger partial charge in [0.05, 0.1) is 32.3 Å². The first kappa shape index (κ1) is 28.5. The molecular formula is C20H34N4O7. The van der Waals surface area contributed by atoms with Crippen LogP contribution in [0.1, 0.15) is 52.9 Å². The first-order valence-corrected chi connectivity index (χ1v) is 10.4. The van der Waals surface area contributed by atoms with Gasteiger partial charge in [-0.3, -0.25) is 14.4 Å². The number of nitrogens with one attached hydrogen (secondary N) is 1. The zero-order valence-corrected chi connectivity index (χ0v) is 18.5. The quantitative estimate of drug-likeness (QED) is 0.134. The van der Waals surface area contributed by atoms with Crippen molar-refractivity contribution in [2.24, 2.45) is 17.0 Å². The second-order valence-electron chi connectivity index (χ2n) is 7.64. The lowest BCUT2D eigenvalue weighted by molar-refractivity contribution is -0.141. The molecule has 0 unspecified atom stereocenters. The summed E-state index contributed by atoms with van der Waals surface area (Å²) in [5.74, 6) is -2.62. The van der Waals surface area contributed by atoms with Crippen LogP contribution in [-0.2, 0) is 28.7 Å². The smallest absolute Gasteiger partial charge is 0.305 e. The van der Waals surface area contributed by atoms with Crippen LogP contribution in [0, 0.1) is 11.8 Å². The van der Waals surface area contributed by atoms with Crippen molar-refractivity contribution in [1.82, 2.24) is 5.32 Å². The molecule has 0 rings (SSSR count). The van der Waals surface area contributed by atoms with E-state index in [1.54, 1.807) is 0 Å². The molecule has 2 atom stereocenters. The first-order valence-electron chi connectivity index (χ1n) is 10.4. The van der Waals surface area contributed by atoms with E-state index < -0.39 is 36.0 Å². The number of carboxylic acid groups (broad SMARTS) is 1. The molecular weight excluding hydrogens is 408 g/mol. The van der Waals surface area contributed by atoms with Crippen molar-refractivity contribution in [3.8, 4) is 0 Å². The van der Waals surface area contributed by atoms with Crippen molar-refractivity contribution < 1.29 is 33.8 Å². The van der Waals surface area contributed by atoms with Gasteiger partial charge in [-0.05, 0) is 31.2 Å². The van der Waals surface area contributed by atoms with Crippen molar-refractivity contribution in [2.45, 2.75) is 58.9 Å². The summed E-state index contributed by atoms with van der Waals surface area (Å²) in [6, 6.07) is -1.14. The number of amides is 1. The van der Waals surface area contributed by atoms with Crippen molar-refractivity contribution in [1.29, 1.82) is 0 Å². The fourth-order valence-corrected chi connectivity index (χ4v) is 2.90. The Morgan fingerprint density at radius 2 is 1.71 bits per heavy atom. The second kappa shape index (κ2) is 17.2. The van der Waals surface area contributed by atoms with Crippen molar-refractivity contribution in [3.05, 3.63) is 10.4 Å². The van der Waals surface area contributed by atoms with Gasteiger partial charge in [0, 0.05) is 36.8 Å². The maximum Gasteiger partial charge on any atom is 0.305 e. The number of ketones is 2. The Kier molecular flexibility index (Phi) is 15.8. The second-order valence-corrected chi connectivity index (χ2v) is 7.64. The van der Waals surface area contributed by atoms with E-state index in [2.05, 4.69) is 15.3 Å². The molecule has 0 bridgehead atoms. The molecule has 2 N–H and O–H groups in total. The monoisotopic (exact) mass is 442 g/mol. The molecule has 0 aromatic heterocycles. The Morgan fingerprint density at radius 1 is 1.06 bits per heavy atom. The Bertz CT molecular complexity index is 633. The lowest BCUT2D eigenvalue weighted by Gasteiger charge is -2.22. The summed E-state index contributed by atoms with van der Waals surface area (Å²) in [6.45, 7) is 6.68. The summed E-state index contributed by atoms with van der Waals surface area (Å²) >= 11 is 0. The van der Waals surface area contributed by atoms with Gasteiger partial charge in [0.1, 0.15) is 5.78 Å². The van der Waals surface area contributed by atoms with Crippen LogP contribution in [0.3, 0.4) is 0 Å². The number of hydrogen-bond donors (Lipinski definition) is 2. The van der Waals surface area contributed by atoms with E-state index in [0.717, 1.165) is 0 Å². The van der Waals surface area contributed by atoms with E-state index in [-0.39, 0.29) is 37.7 Å². The molecule has 0 aliphatic rings. The van der Waals surface area contributed by atoms with E-state index in [4.69, 9.17) is 20.1 Å². The summed E-state index contributed by atoms with van der Waals surface area (Å²) in [6.07, 6.45) is 0.428. The fourth-order valence-electron chi connectivity index (χ4n) is 2.90. The van der Waals surface area contributed by atoms with Gasteiger partial charge in [-0.1, -0.05) is 19.0 Å². The number of ether oxygens (including phenoxy) is 2. The molecule has 31 heavy (non-hydrogen) atoms. The minimum absolute atomic E-state index is 0.0523. The van der Waals surface area contributed by atoms with Crippen molar-refractivity contribution >= 4 is 23.4 Å². The van der Waals surface area contributed by atoms with Gasteiger partial charge in [-0.2, -0.15) is 0 Å². The topological polar surface area (TPSA) is 168 Å². The highest BCUT2D eigenvalue weighted by Gasteiger charge is 2.28. The predicted molar refractivity (Wildman–Crippen MR) is 112 cm³/mol. The first-order chi connectivity index (χ1) is 14.7. The summed E-state index contributed by atoms with van der Waals surface area (Å²) in [5, 5.41) is 14.9. The van der Waals surface area contributed by atoms with Gasteiger partial charge in [0.15, 0.2) is 5.78 Å². The van der Waals surface area contributed by atoms with Crippen LogP contribution in [0.15, 0.2) is 5.11 Å². The maximum atomic E-state index is 12.6. The molecule has 0 saturated heterocycles. The van der Waals surface area contributed by atoms with Gasteiger partial charge in [0.2, 0.25) is 5.91 Å². The van der Waals surface area contributed by atoms with E-state index in [9.17, 15) is 19.2 Å². The highest BCUT2D eigenvalue weighted by Crippen LogP contribution is 2.17. The van der Waals surface area contributed by atoms with Crippen LogP contribution < -0.4 is 5.32 Å². The minimum Gasteiger partial charge on any atom is -0.481 e. The summed E-state index contributed by atoms with van der Waals surface area (Å²) in [4.78, 5) is 50.2. The standard InChI is InChI=1S/C20H34N4O7/c1-14(2)11-16(12-15(3)25)20(29)23-17(13-19(27)28)18(26)5-4-7-30-9-10-31-8-6-22-24-21/h14,16-17H,4-13H2,1-3H3,(H,23,29)(H,27,28)/t16-,17+/m1/s1. The van der Waals surface area contributed by atoms with Crippen LogP contribution >= 0.6 is 0 Å².